The van der Waals surface area contributed by atoms with E-state index in [0.717, 1.165) is 21.8 Å². The van der Waals surface area contributed by atoms with Crippen molar-refractivity contribution in [2.24, 2.45) is 7.05 Å². The van der Waals surface area contributed by atoms with Crippen LogP contribution in [-0.2, 0) is 49.8 Å². The first-order valence-corrected chi connectivity index (χ1v) is 15.3. The number of methoxy groups -OCH3 is 1. The Morgan fingerprint density at radius 3 is 1.98 bits per heavy atom. The zero-order valence-corrected chi connectivity index (χ0v) is 27.0. The third-order valence-corrected chi connectivity index (χ3v) is 8.67. The van der Waals surface area contributed by atoms with Crippen LogP contribution in [0.2, 0.25) is 0 Å². The first-order chi connectivity index (χ1) is 23.4. The van der Waals surface area contributed by atoms with Crippen molar-refractivity contribution in [3.63, 3.8) is 0 Å². The van der Waals surface area contributed by atoms with Crippen LogP contribution in [0, 0.1) is 0 Å². The van der Waals surface area contributed by atoms with Crippen molar-refractivity contribution in [1.82, 2.24) is 25.2 Å². The Kier molecular flexibility index (Phi) is 9.96. The maximum atomic E-state index is 14.0. The molecular formula is C32H25F9N6O2S. The summed E-state index contributed by atoms with van der Waals surface area (Å²) in [6.45, 7) is 0.656. The number of halogens is 9. The molecule has 264 valence electrons. The fourth-order valence-corrected chi connectivity index (χ4v) is 6.08. The van der Waals surface area contributed by atoms with Crippen LogP contribution in [0.4, 0.5) is 45.5 Å². The highest BCUT2D eigenvalue weighted by Crippen LogP contribution is 2.40. The van der Waals surface area contributed by atoms with Crippen LogP contribution < -0.4 is 4.90 Å². The zero-order chi connectivity index (χ0) is 36.6. The second-order valence-electron chi connectivity index (χ2n) is 10.9. The smallest absolute Gasteiger partial charge is 0.416 e. The number of ether oxygens (including phenoxy) is 1. The number of thiazole rings is 1. The lowest BCUT2D eigenvalue weighted by Gasteiger charge is -2.24. The Balaban J connectivity index is 1.63. The molecule has 0 saturated heterocycles. The van der Waals surface area contributed by atoms with Crippen molar-refractivity contribution in [2.75, 3.05) is 12.0 Å². The number of aryl methyl sites for hydroxylation is 2. The number of aromatic nitrogens is 5. The van der Waals surface area contributed by atoms with E-state index in [1.807, 2.05) is 6.92 Å². The Labute approximate surface area is 282 Å². The Hall–Kier alpha value is -5.00. The van der Waals surface area contributed by atoms with E-state index in [9.17, 15) is 44.3 Å². The highest BCUT2D eigenvalue weighted by atomic mass is 32.1. The van der Waals surface area contributed by atoms with Gasteiger partial charge >= 0.3 is 24.5 Å². The monoisotopic (exact) mass is 728 g/mol. The third kappa shape index (κ3) is 8.06. The minimum absolute atomic E-state index is 0.0112. The number of esters is 1. The number of carbonyl (C=O) groups excluding carboxylic acids is 1. The van der Waals surface area contributed by atoms with Gasteiger partial charge in [0.25, 0.3) is 5.95 Å². The quantitative estimate of drug-likeness (QED) is 0.111. The third-order valence-electron chi connectivity index (χ3n) is 7.42. The summed E-state index contributed by atoms with van der Waals surface area (Å²) < 4.78 is 129. The highest BCUT2D eigenvalue weighted by Gasteiger charge is 2.37. The number of nitrogens with zero attached hydrogens (tertiary/aromatic N) is 6. The molecule has 0 bridgehead atoms. The van der Waals surface area contributed by atoms with Crippen molar-refractivity contribution < 1.29 is 49.0 Å². The topological polar surface area (TPSA) is 86.0 Å². The van der Waals surface area contributed by atoms with E-state index in [4.69, 9.17) is 9.72 Å². The molecule has 0 spiro atoms. The van der Waals surface area contributed by atoms with Crippen LogP contribution in [0.5, 0.6) is 0 Å². The van der Waals surface area contributed by atoms with Gasteiger partial charge in [-0.3, -0.25) is 0 Å². The van der Waals surface area contributed by atoms with E-state index in [2.05, 4.69) is 15.4 Å². The molecule has 0 saturated carbocycles. The summed E-state index contributed by atoms with van der Waals surface area (Å²) in [5.74, 6) is -0.816. The molecule has 0 radical (unpaired) electrons. The minimum atomic E-state index is -5.13. The molecule has 0 unspecified atom stereocenters. The van der Waals surface area contributed by atoms with Gasteiger partial charge in [0.05, 0.1) is 42.1 Å². The lowest BCUT2D eigenvalue weighted by Crippen LogP contribution is -2.25. The fourth-order valence-electron chi connectivity index (χ4n) is 5.06. The number of benzene rings is 3. The average molecular weight is 729 g/mol. The van der Waals surface area contributed by atoms with Gasteiger partial charge in [-0.25, -0.2) is 9.78 Å². The van der Waals surface area contributed by atoms with Crippen molar-refractivity contribution >= 4 is 23.3 Å². The standard InChI is InChI=1S/C32H25F9N6O2S/c1-4-25-26(42-27(50-25)18-5-7-19(8-6-18)28(48)49-3)24-10-9-21(30(33,34)35)13-20(24)16-47(29-43-45-46(2)44-29)15-17-11-22(31(36,37)38)14-23(12-17)32(39,40)41/h5-14H,4,15-16H2,1-3H3. The summed E-state index contributed by atoms with van der Waals surface area (Å²) in [4.78, 5) is 19.4. The molecule has 0 aliphatic rings. The van der Waals surface area contributed by atoms with Crippen molar-refractivity contribution in [2.45, 2.75) is 45.0 Å². The first-order valence-electron chi connectivity index (χ1n) is 14.5. The molecule has 3 aromatic carbocycles. The average Bonchev–Trinajstić information content (AvgIpc) is 3.69. The lowest BCUT2D eigenvalue weighted by atomic mass is 9.98. The van der Waals surface area contributed by atoms with E-state index >= 15 is 0 Å². The molecule has 0 N–H and O–H groups in total. The van der Waals surface area contributed by atoms with Gasteiger partial charge in [-0.05, 0) is 65.2 Å². The second kappa shape index (κ2) is 13.7. The van der Waals surface area contributed by atoms with Gasteiger partial charge in [0.2, 0.25) is 0 Å². The number of alkyl halides is 9. The molecule has 2 heterocycles. The van der Waals surface area contributed by atoms with Gasteiger partial charge in [-0.1, -0.05) is 30.2 Å². The maximum absolute atomic E-state index is 14.0. The van der Waals surface area contributed by atoms with Crippen LogP contribution in [0.25, 0.3) is 21.8 Å². The van der Waals surface area contributed by atoms with Crippen LogP contribution in [0.1, 0.15) is 50.0 Å². The van der Waals surface area contributed by atoms with E-state index < -0.39 is 59.8 Å². The van der Waals surface area contributed by atoms with E-state index in [1.54, 1.807) is 12.1 Å². The number of rotatable bonds is 9. The summed E-state index contributed by atoms with van der Waals surface area (Å²) in [6, 6.07) is 10.3. The van der Waals surface area contributed by atoms with Crippen molar-refractivity contribution in [1.29, 1.82) is 0 Å². The highest BCUT2D eigenvalue weighted by molar-refractivity contribution is 7.15. The molecule has 5 rings (SSSR count). The summed E-state index contributed by atoms with van der Waals surface area (Å²) in [5, 5.41) is 12.0. The molecule has 0 atom stereocenters. The Morgan fingerprint density at radius 2 is 1.46 bits per heavy atom. The SMILES string of the molecule is CCc1sc(-c2ccc(C(=O)OC)cc2)nc1-c1ccc(C(F)(F)F)cc1CN(Cc1cc(C(F)(F)F)cc(C(F)(F)F)c1)c1nnn(C)n1. The number of anilines is 1. The largest absolute Gasteiger partial charge is 0.465 e. The maximum Gasteiger partial charge on any atom is 0.416 e. The summed E-state index contributed by atoms with van der Waals surface area (Å²) >= 11 is 1.26. The van der Waals surface area contributed by atoms with E-state index in [-0.39, 0.29) is 28.7 Å². The van der Waals surface area contributed by atoms with Gasteiger partial charge in [0.1, 0.15) is 5.01 Å². The molecule has 18 heteroatoms. The molecular weight excluding hydrogens is 703 g/mol. The van der Waals surface area contributed by atoms with Gasteiger partial charge in [-0.2, -0.15) is 44.3 Å². The predicted molar refractivity (Wildman–Crippen MR) is 164 cm³/mol. The van der Waals surface area contributed by atoms with Gasteiger partial charge in [0, 0.05) is 29.1 Å². The first kappa shape index (κ1) is 36.3. The molecule has 2 aromatic heterocycles. The number of tetrazole rings is 1. The van der Waals surface area contributed by atoms with Crippen LogP contribution in [0.3, 0.4) is 0 Å². The zero-order valence-electron chi connectivity index (χ0n) is 26.2. The molecule has 0 amide bonds. The second-order valence-corrected chi connectivity index (χ2v) is 12.0. The predicted octanol–water partition coefficient (Wildman–Crippen LogP) is 8.61. The molecule has 8 nitrogen and oxygen atoms in total. The molecule has 0 aliphatic carbocycles. The normalized spacial score (nSPS) is 12.3. The Bertz CT molecular complexity index is 1970. The minimum Gasteiger partial charge on any atom is -0.465 e. The molecule has 0 fully saturated rings. The van der Waals surface area contributed by atoms with Crippen LogP contribution in [-0.4, -0.2) is 38.3 Å². The fraction of sp³-hybridized carbons (Fsp3) is 0.281. The number of hydrogen-bond acceptors (Lipinski definition) is 8. The van der Waals surface area contributed by atoms with E-state index in [0.29, 0.717) is 39.7 Å². The number of carbonyl (C=O) groups is 1. The number of hydrogen-bond donors (Lipinski definition) is 0. The van der Waals surface area contributed by atoms with Gasteiger partial charge < -0.3 is 9.64 Å². The Morgan fingerprint density at radius 1 is 0.840 bits per heavy atom. The van der Waals surface area contributed by atoms with Crippen LogP contribution in [0.15, 0.2) is 60.7 Å². The van der Waals surface area contributed by atoms with Gasteiger partial charge in [-0.15, -0.1) is 16.4 Å². The lowest BCUT2D eigenvalue weighted by molar-refractivity contribution is -0.143. The van der Waals surface area contributed by atoms with E-state index in [1.165, 1.54) is 43.7 Å². The molecule has 50 heavy (non-hydrogen) atoms. The van der Waals surface area contributed by atoms with Crippen LogP contribution >= 0.6 is 11.3 Å². The van der Waals surface area contributed by atoms with Crippen molar-refractivity contribution in [3.8, 4) is 21.8 Å². The van der Waals surface area contributed by atoms with Crippen molar-refractivity contribution in [3.05, 3.63) is 98.9 Å². The summed E-state index contributed by atoms with van der Waals surface area (Å²) in [5.41, 5.74) is -3.18. The molecule has 0 aliphatic heterocycles. The molecule has 5 aromatic rings. The van der Waals surface area contributed by atoms with Gasteiger partial charge in [0.15, 0.2) is 0 Å². The summed E-state index contributed by atoms with van der Waals surface area (Å²) in [6.07, 6.45) is -14.6. The summed E-state index contributed by atoms with van der Waals surface area (Å²) in [7, 11) is 2.60.